The molecule has 0 atom stereocenters. The quantitative estimate of drug-likeness (QED) is 0.824. The average molecular weight is 236 g/mol. The molecule has 1 heterocycles. The predicted molar refractivity (Wildman–Crippen MR) is 71.5 cm³/mol. The predicted octanol–water partition coefficient (Wildman–Crippen LogP) is 3.10. The molecule has 1 aromatic rings. The van der Waals surface area contributed by atoms with Crippen LogP contribution in [0.25, 0.3) is 0 Å². The van der Waals surface area contributed by atoms with Crippen molar-refractivity contribution in [1.29, 1.82) is 0 Å². The van der Waals surface area contributed by atoms with Crippen molar-refractivity contribution < 1.29 is 4.74 Å². The highest BCUT2D eigenvalue weighted by Gasteiger charge is 2.08. The Morgan fingerprint density at radius 2 is 1.94 bits per heavy atom. The van der Waals surface area contributed by atoms with Gasteiger partial charge in [0.05, 0.1) is 6.10 Å². The number of nitrogens with zero attached hydrogens (tertiary/aromatic N) is 1. The van der Waals surface area contributed by atoms with E-state index in [2.05, 4.69) is 37.1 Å². The molecule has 3 heteroatoms. The molecule has 0 amide bonds. The van der Waals surface area contributed by atoms with E-state index >= 15 is 0 Å². The highest BCUT2D eigenvalue weighted by atomic mass is 16.5. The summed E-state index contributed by atoms with van der Waals surface area (Å²) in [4.78, 5) is 4.53. The van der Waals surface area contributed by atoms with Gasteiger partial charge in [-0.15, -0.1) is 0 Å². The number of rotatable bonds is 6. The number of nitrogens with one attached hydrogen (secondary N) is 1. The average Bonchev–Trinajstić information content (AvgIpc) is 2.25. The van der Waals surface area contributed by atoms with E-state index in [1.165, 1.54) is 5.56 Å². The van der Waals surface area contributed by atoms with Crippen LogP contribution >= 0.6 is 0 Å². The van der Waals surface area contributed by atoms with Gasteiger partial charge < -0.3 is 10.1 Å². The maximum absolute atomic E-state index is 5.69. The first-order valence-electron chi connectivity index (χ1n) is 6.41. The summed E-state index contributed by atoms with van der Waals surface area (Å²) in [5.74, 6) is 1.16. The zero-order valence-electron chi connectivity index (χ0n) is 11.6. The second-order valence-electron chi connectivity index (χ2n) is 4.84. The van der Waals surface area contributed by atoms with Crippen molar-refractivity contribution in [3.8, 4) is 5.88 Å². The fourth-order valence-electron chi connectivity index (χ4n) is 1.55. The lowest BCUT2D eigenvalue weighted by molar-refractivity contribution is 0.231. The van der Waals surface area contributed by atoms with E-state index in [-0.39, 0.29) is 6.10 Å². The van der Waals surface area contributed by atoms with Crippen LogP contribution in [0.1, 0.15) is 51.8 Å². The van der Waals surface area contributed by atoms with Crippen LogP contribution in [0.4, 0.5) is 0 Å². The molecule has 0 aromatic carbocycles. The number of aromatic nitrogens is 1. The van der Waals surface area contributed by atoms with Crippen LogP contribution in [0.5, 0.6) is 5.88 Å². The second kappa shape index (κ2) is 6.60. The number of hydrogen-bond acceptors (Lipinski definition) is 3. The molecule has 0 fully saturated rings. The summed E-state index contributed by atoms with van der Waals surface area (Å²) in [6.45, 7) is 12.3. The minimum Gasteiger partial charge on any atom is -0.475 e. The molecule has 0 bridgehead atoms. The molecule has 96 valence electrons. The Morgan fingerprint density at radius 1 is 1.24 bits per heavy atom. The van der Waals surface area contributed by atoms with Gasteiger partial charge in [-0.3, -0.25) is 0 Å². The Bertz CT molecular complexity index is 348. The molecule has 3 nitrogen and oxygen atoms in total. The van der Waals surface area contributed by atoms with Gasteiger partial charge >= 0.3 is 0 Å². The van der Waals surface area contributed by atoms with E-state index < -0.39 is 0 Å². The Kier molecular flexibility index (Phi) is 5.42. The van der Waals surface area contributed by atoms with E-state index in [0.717, 1.165) is 24.7 Å². The normalized spacial score (nSPS) is 11.2. The van der Waals surface area contributed by atoms with Crippen LogP contribution in [0, 0.1) is 0 Å². The van der Waals surface area contributed by atoms with Crippen molar-refractivity contribution in [3.63, 3.8) is 0 Å². The largest absolute Gasteiger partial charge is 0.475 e. The van der Waals surface area contributed by atoms with E-state index in [4.69, 9.17) is 4.74 Å². The molecule has 17 heavy (non-hydrogen) atoms. The van der Waals surface area contributed by atoms with Gasteiger partial charge in [0.2, 0.25) is 5.88 Å². The number of pyridine rings is 1. The van der Waals surface area contributed by atoms with E-state index in [9.17, 15) is 0 Å². The van der Waals surface area contributed by atoms with E-state index in [1.54, 1.807) is 0 Å². The Labute approximate surface area is 105 Å². The first kappa shape index (κ1) is 14.0. The minimum atomic E-state index is 0.164. The number of hydrogen-bond donors (Lipinski definition) is 1. The molecule has 0 saturated carbocycles. The summed E-state index contributed by atoms with van der Waals surface area (Å²) in [7, 11) is 0. The van der Waals surface area contributed by atoms with Gasteiger partial charge in [0.15, 0.2) is 0 Å². The molecule has 1 aromatic heterocycles. The summed E-state index contributed by atoms with van der Waals surface area (Å²) in [5, 5.41) is 3.33. The van der Waals surface area contributed by atoms with Gasteiger partial charge in [0, 0.05) is 18.3 Å². The third-order valence-electron chi connectivity index (χ3n) is 2.41. The molecular weight excluding hydrogens is 212 g/mol. The van der Waals surface area contributed by atoms with Gasteiger partial charge in [0.25, 0.3) is 0 Å². The van der Waals surface area contributed by atoms with Gasteiger partial charge in [-0.05, 0) is 37.9 Å². The molecule has 1 N–H and O–H groups in total. The molecule has 0 aliphatic heterocycles. The van der Waals surface area contributed by atoms with E-state index in [0.29, 0.717) is 5.92 Å². The zero-order valence-corrected chi connectivity index (χ0v) is 11.6. The standard InChI is InChI=1S/C14H24N2O/c1-6-15-9-12-7-13(10(2)3)16-14(8-12)17-11(4)5/h7-8,10-11,15H,6,9H2,1-5H3. The fraction of sp³-hybridized carbons (Fsp3) is 0.643. The van der Waals surface area contributed by atoms with Gasteiger partial charge in [-0.1, -0.05) is 20.8 Å². The molecule has 0 saturated heterocycles. The third-order valence-corrected chi connectivity index (χ3v) is 2.41. The van der Waals surface area contributed by atoms with Crippen LogP contribution in [-0.4, -0.2) is 17.6 Å². The van der Waals surface area contributed by atoms with Crippen molar-refractivity contribution in [1.82, 2.24) is 10.3 Å². The minimum absolute atomic E-state index is 0.164. The SMILES string of the molecule is CCNCc1cc(OC(C)C)nc(C(C)C)c1. The fourth-order valence-corrected chi connectivity index (χ4v) is 1.55. The highest BCUT2D eigenvalue weighted by molar-refractivity contribution is 5.26. The highest BCUT2D eigenvalue weighted by Crippen LogP contribution is 2.19. The van der Waals surface area contributed by atoms with Gasteiger partial charge in [-0.25, -0.2) is 4.98 Å². The molecule has 0 aliphatic carbocycles. The molecule has 0 aliphatic rings. The lowest BCUT2D eigenvalue weighted by atomic mass is 10.1. The summed E-state index contributed by atoms with van der Waals surface area (Å²) >= 11 is 0. The van der Waals surface area contributed by atoms with Crippen molar-refractivity contribution >= 4 is 0 Å². The van der Waals surface area contributed by atoms with Crippen LogP contribution in [0.3, 0.4) is 0 Å². The van der Waals surface area contributed by atoms with Crippen molar-refractivity contribution in [2.45, 2.75) is 53.2 Å². The summed E-state index contributed by atoms with van der Waals surface area (Å²) in [6, 6.07) is 4.18. The zero-order chi connectivity index (χ0) is 12.8. The Morgan fingerprint density at radius 3 is 2.47 bits per heavy atom. The van der Waals surface area contributed by atoms with Crippen molar-refractivity contribution in [2.24, 2.45) is 0 Å². The van der Waals surface area contributed by atoms with Crippen molar-refractivity contribution in [2.75, 3.05) is 6.54 Å². The first-order chi connectivity index (χ1) is 8.02. The summed E-state index contributed by atoms with van der Waals surface area (Å²) in [6.07, 6.45) is 0.164. The van der Waals surface area contributed by atoms with Gasteiger partial charge in [-0.2, -0.15) is 0 Å². The first-order valence-corrected chi connectivity index (χ1v) is 6.41. The molecule has 0 radical (unpaired) electrons. The maximum atomic E-state index is 5.69. The van der Waals surface area contributed by atoms with Crippen LogP contribution < -0.4 is 10.1 Å². The summed E-state index contributed by atoms with van der Waals surface area (Å²) in [5.41, 5.74) is 2.33. The molecule has 0 spiro atoms. The van der Waals surface area contributed by atoms with Crippen LogP contribution in [-0.2, 0) is 6.54 Å². The van der Waals surface area contributed by atoms with Crippen LogP contribution in [0.2, 0.25) is 0 Å². The molecule has 0 unspecified atom stereocenters. The lowest BCUT2D eigenvalue weighted by Crippen LogP contribution is -2.14. The van der Waals surface area contributed by atoms with E-state index in [1.807, 2.05) is 19.9 Å². The number of ether oxygens (including phenoxy) is 1. The molecular formula is C14H24N2O. The lowest BCUT2D eigenvalue weighted by Gasteiger charge is -2.14. The Balaban J connectivity index is 2.92. The monoisotopic (exact) mass is 236 g/mol. The topological polar surface area (TPSA) is 34.1 Å². The third kappa shape index (κ3) is 4.73. The molecule has 1 rings (SSSR count). The Hall–Kier alpha value is -1.09. The maximum Gasteiger partial charge on any atom is 0.214 e. The summed E-state index contributed by atoms with van der Waals surface area (Å²) < 4.78 is 5.69. The smallest absolute Gasteiger partial charge is 0.214 e. The second-order valence-corrected chi connectivity index (χ2v) is 4.84. The van der Waals surface area contributed by atoms with Crippen molar-refractivity contribution in [3.05, 3.63) is 23.4 Å². The van der Waals surface area contributed by atoms with Gasteiger partial charge in [0.1, 0.15) is 0 Å². The van der Waals surface area contributed by atoms with Crippen LogP contribution in [0.15, 0.2) is 12.1 Å².